The van der Waals surface area contributed by atoms with E-state index in [0.29, 0.717) is 6.42 Å². The Morgan fingerprint density at radius 2 is 2.00 bits per heavy atom. The van der Waals surface area contributed by atoms with Gasteiger partial charge in [-0.05, 0) is 25.7 Å². The molecule has 1 fully saturated rings. The first-order valence-corrected chi connectivity index (χ1v) is 6.57. The minimum Gasteiger partial charge on any atom is -0.467 e. The number of carbonyl (C=O) groups is 2. The number of ether oxygens (including phenoxy) is 2. The summed E-state index contributed by atoms with van der Waals surface area (Å²) >= 11 is 0. The van der Waals surface area contributed by atoms with Crippen molar-refractivity contribution in [3.05, 3.63) is 0 Å². The van der Waals surface area contributed by atoms with Crippen molar-refractivity contribution in [2.75, 3.05) is 20.8 Å². The lowest BCUT2D eigenvalue weighted by Crippen LogP contribution is -2.56. The maximum atomic E-state index is 12.0. The maximum absolute atomic E-state index is 12.0. The highest BCUT2D eigenvalue weighted by Crippen LogP contribution is 2.26. The number of rotatable bonds is 6. The van der Waals surface area contributed by atoms with Crippen LogP contribution in [0.5, 0.6) is 0 Å². The van der Waals surface area contributed by atoms with Gasteiger partial charge in [0.25, 0.3) is 0 Å². The molecular formula is C13H25ClN2O4. The summed E-state index contributed by atoms with van der Waals surface area (Å²) < 4.78 is 9.68. The molecular weight excluding hydrogens is 284 g/mol. The van der Waals surface area contributed by atoms with Crippen molar-refractivity contribution in [1.29, 1.82) is 0 Å². The first kappa shape index (κ1) is 19.1. The highest BCUT2D eigenvalue weighted by atomic mass is 35.5. The van der Waals surface area contributed by atoms with E-state index in [2.05, 4.69) is 5.32 Å². The Balaban J connectivity index is 0.00000361. The standard InChI is InChI=1S/C13H24N2O4.ClH/c1-13(8-18-2,12(17)19-3)15-11(16)7-9-5-4-6-10(9)14;/h9-10H,4-8,14H2,1-3H3,(H,15,16);1H/t9-,10+,13?;/m0./s1. The Bertz CT molecular complexity index is 340. The molecule has 7 heteroatoms. The van der Waals surface area contributed by atoms with Crippen LogP contribution < -0.4 is 11.1 Å². The largest absolute Gasteiger partial charge is 0.467 e. The number of halogens is 1. The predicted octanol–water partition coefficient (Wildman–Crippen LogP) is 0.620. The molecule has 0 radical (unpaired) electrons. The van der Waals surface area contributed by atoms with Crippen molar-refractivity contribution < 1.29 is 19.1 Å². The zero-order chi connectivity index (χ0) is 14.5. The van der Waals surface area contributed by atoms with E-state index in [4.69, 9.17) is 15.2 Å². The van der Waals surface area contributed by atoms with Crippen LogP contribution in [0.1, 0.15) is 32.6 Å². The Kier molecular flexibility index (Phi) is 8.08. The molecule has 0 aromatic heterocycles. The molecule has 6 nitrogen and oxygen atoms in total. The fourth-order valence-corrected chi connectivity index (χ4v) is 2.58. The monoisotopic (exact) mass is 308 g/mol. The SMILES string of the molecule is COCC(C)(NC(=O)C[C@@H]1CCC[C@H]1N)C(=O)OC.Cl. The summed E-state index contributed by atoms with van der Waals surface area (Å²) in [5.41, 5.74) is 4.79. The maximum Gasteiger partial charge on any atom is 0.333 e. The van der Waals surface area contributed by atoms with Crippen molar-refractivity contribution in [3.63, 3.8) is 0 Å². The number of nitrogens with two attached hydrogens (primary N) is 1. The van der Waals surface area contributed by atoms with Gasteiger partial charge in [-0.3, -0.25) is 4.79 Å². The molecule has 0 bridgehead atoms. The molecule has 1 saturated carbocycles. The Labute approximate surface area is 126 Å². The number of nitrogens with one attached hydrogen (secondary N) is 1. The lowest BCUT2D eigenvalue weighted by Gasteiger charge is -2.28. The average Bonchev–Trinajstić information content (AvgIpc) is 2.74. The molecule has 3 atom stereocenters. The van der Waals surface area contributed by atoms with Crippen molar-refractivity contribution >= 4 is 24.3 Å². The summed E-state index contributed by atoms with van der Waals surface area (Å²) in [6.07, 6.45) is 3.33. The van der Waals surface area contributed by atoms with Crippen LogP contribution in [0.15, 0.2) is 0 Å². The smallest absolute Gasteiger partial charge is 0.333 e. The fraction of sp³-hybridized carbons (Fsp3) is 0.846. The van der Waals surface area contributed by atoms with Gasteiger partial charge >= 0.3 is 5.97 Å². The fourth-order valence-electron chi connectivity index (χ4n) is 2.58. The highest BCUT2D eigenvalue weighted by molar-refractivity contribution is 5.88. The topological polar surface area (TPSA) is 90.6 Å². The summed E-state index contributed by atoms with van der Waals surface area (Å²) in [4.78, 5) is 23.7. The summed E-state index contributed by atoms with van der Waals surface area (Å²) in [5.74, 6) is -0.504. The lowest BCUT2D eigenvalue weighted by molar-refractivity contribution is -0.152. The molecule has 0 heterocycles. The van der Waals surface area contributed by atoms with Crippen LogP contribution in [-0.2, 0) is 19.1 Å². The first-order chi connectivity index (χ1) is 8.92. The van der Waals surface area contributed by atoms with Crippen LogP contribution >= 0.6 is 12.4 Å². The Hall–Kier alpha value is -0.850. The third-order valence-electron chi connectivity index (χ3n) is 3.65. The van der Waals surface area contributed by atoms with E-state index in [9.17, 15) is 9.59 Å². The van der Waals surface area contributed by atoms with E-state index in [1.165, 1.54) is 14.2 Å². The van der Waals surface area contributed by atoms with Gasteiger partial charge in [0.1, 0.15) is 0 Å². The molecule has 1 rings (SSSR count). The van der Waals surface area contributed by atoms with E-state index in [1.807, 2.05) is 0 Å². The van der Waals surface area contributed by atoms with Crippen LogP contribution in [0, 0.1) is 5.92 Å². The number of hydrogen-bond acceptors (Lipinski definition) is 5. The number of carbonyl (C=O) groups excluding carboxylic acids is 2. The van der Waals surface area contributed by atoms with E-state index in [-0.39, 0.29) is 36.9 Å². The van der Waals surface area contributed by atoms with Crippen molar-refractivity contribution in [3.8, 4) is 0 Å². The van der Waals surface area contributed by atoms with Gasteiger partial charge in [0.05, 0.1) is 13.7 Å². The second-order valence-corrected chi connectivity index (χ2v) is 5.36. The number of amides is 1. The van der Waals surface area contributed by atoms with Crippen LogP contribution in [0.4, 0.5) is 0 Å². The minimum atomic E-state index is -1.15. The Morgan fingerprint density at radius 3 is 2.45 bits per heavy atom. The second kappa shape index (κ2) is 8.44. The van der Waals surface area contributed by atoms with Gasteiger partial charge in [-0.25, -0.2) is 4.79 Å². The van der Waals surface area contributed by atoms with Gasteiger partial charge in [0, 0.05) is 19.6 Å². The van der Waals surface area contributed by atoms with Crippen LogP contribution in [0.3, 0.4) is 0 Å². The van der Waals surface area contributed by atoms with Gasteiger partial charge in [0.2, 0.25) is 5.91 Å². The molecule has 0 aromatic carbocycles. The summed E-state index contributed by atoms with van der Waals surface area (Å²) in [5, 5.41) is 2.70. The van der Waals surface area contributed by atoms with Crippen LogP contribution in [0.25, 0.3) is 0 Å². The Morgan fingerprint density at radius 1 is 1.35 bits per heavy atom. The molecule has 1 aliphatic carbocycles. The number of methoxy groups -OCH3 is 2. The summed E-state index contributed by atoms with van der Waals surface area (Å²) in [6.45, 7) is 1.66. The third-order valence-corrected chi connectivity index (χ3v) is 3.65. The van der Waals surface area contributed by atoms with Gasteiger partial charge in [-0.15, -0.1) is 12.4 Å². The highest BCUT2D eigenvalue weighted by Gasteiger charge is 2.37. The second-order valence-electron chi connectivity index (χ2n) is 5.36. The van der Waals surface area contributed by atoms with Crippen molar-refractivity contribution in [2.45, 2.75) is 44.2 Å². The molecule has 0 spiro atoms. The van der Waals surface area contributed by atoms with Gasteiger partial charge in [-0.2, -0.15) is 0 Å². The van der Waals surface area contributed by atoms with E-state index in [1.54, 1.807) is 6.92 Å². The molecule has 118 valence electrons. The average molecular weight is 309 g/mol. The number of esters is 1. The molecule has 0 aromatic rings. The third kappa shape index (κ3) is 4.92. The molecule has 1 aliphatic rings. The molecule has 20 heavy (non-hydrogen) atoms. The van der Waals surface area contributed by atoms with Gasteiger partial charge < -0.3 is 20.5 Å². The molecule has 0 aliphatic heterocycles. The van der Waals surface area contributed by atoms with Crippen molar-refractivity contribution in [1.82, 2.24) is 5.32 Å². The van der Waals surface area contributed by atoms with Crippen LogP contribution in [0.2, 0.25) is 0 Å². The zero-order valence-electron chi connectivity index (χ0n) is 12.3. The van der Waals surface area contributed by atoms with E-state index in [0.717, 1.165) is 19.3 Å². The van der Waals surface area contributed by atoms with Crippen LogP contribution in [-0.4, -0.2) is 44.3 Å². The van der Waals surface area contributed by atoms with Gasteiger partial charge in [0.15, 0.2) is 5.54 Å². The first-order valence-electron chi connectivity index (χ1n) is 6.57. The van der Waals surface area contributed by atoms with E-state index < -0.39 is 11.5 Å². The summed E-state index contributed by atoms with van der Waals surface area (Å²) in [7, 11) is 2.76. The molecule has 0 saturated heterocycles. The predicted molar refractivity (Wildman–Crippen MR) is 77.6 cm³/mol. The molecule has 1 unspecified atom stereocenters. The quantitative estimate of drug-likeness (QED) is 0.702. The zero-order valence-corrected chi connectivity index (χ0v) is 13.1. The van der Waals surface area contributed by atoms with E-state index >= 15 is 0 Å². The summed E-state index contributed by atoms with van der Waals surface area (Å²) in [6, 6.07) is 0.0811. The van der Waals surface area contributed by atoms with Gasteiger partial charge in [-0.1, -0.05) is 6.42 Å². The normalized spacial score (nSPS) is 24.4. The molecule has 1 amide bonds. The molecule has 3 N–H and O–H groups in total. The lowest BCUT2D eigenvalue weighted by atomic mass is 9.98. The number of hydrogen-bond donors (Lipinski definition) is 2. The van der Waals surface area contributed by atoms with Crippen molar-refractivity contribution in [2.24, 2.45) is 11.7 Å². The minimum absolute atomic E-state index is 0.